The van der Waals surface area contributed by atoms with Crippen LogP contribution in [0.15, 0.2) is 33.2 Å². The number of hydrogen-bond donors (Lipinski definition) is 0. The van der Waals surface area contributed by atoms with E-state index in [-0.39, 0.29) is 11.2 Å². The fourth-order valence-electron chi connectivity index (χ4n) is 2.89. The van der Waals surface area contributed by atoms with Crippen molar-refractivity contribution in [1.29, 1.82) is 0 Å². The zero-order chi connectivity index (χ0) is 16.4. The van der Waals surface area contributed by atoms with Crippen molar-refractivity contribution in [2.75, 3.05) is 26.2 Å². The van der Waals surface area contributed by atoms with E-state index in [1.807, 2.05) is 0 Å². The highest BCUT2D eigenvalue weighted by atomic mass is 32.1. The summed E-state index contributed by atoms with van der Waals surface area (Å²) in [7, 11) is 3.24. The molecule has 0 radical (unpaired) electrons. The van der Waals surface area contributed by atoms with Gasteiger partial charge in [0.1, 0.15) is 0 Å². The van der Waals surface area contributed by atoms with Crippen molar-refractivity contribution in [3.05, 3.63) is 55.0 Å². The van der Waals surface area contributed by atoms with E-state index in [1.54, 1.807) is 29.0 Å². The number of aromatic nitrogens is 2. The van der Waals surface area contributed by atoms with E-state index in [2.05, 4.69) is 27.3 Å². The highest BCUT2D eigenvalue weighted by molar-refractivity contribution is 7.09. The Hall–Kier alpha value is -1.70. The summed E-state index contributed by atoms with van der Waals surface area (Å²) in [5.41, 5.74) is 0.285. The maximum Gasteiger partial charge on any atom is 0.330 e. The van der Waals surface area contributed by atoms with Crippen LogP contribution >= 0.6 is 11.3 Å². The van der Waals surface area contributed by atoms with Gasteiger partial charge >= 0.3 is 5.69 Å². The molecule has 0 aromatic carbocycles. The maximum atomic E-state index is 12.0. The van der Waals surface area contributed by atoms with Crippen molar-refractivity contribution in [3.63, 3.8) is 0 Å². The third-order valence-corrected chi connectivity index (χ3v) is 5.30. The van der Waals surface area contributed by atoms with Gasteiger partial charge < -0.3 is 0 Å². The Morgan fingerprint density at radius 2 is 1.65 bits per heavy atom. The van der Waals surface area contributed by atoms with Crippen LogP contribution in [0.25, 0.3) is 0 Å². The predicted octanol–water partition coefficient (Wildman–Crippen LogP) is 0.463. The van der Waals surface area contributed by atoms with Crippen molar-refractivity contribution in [3.8, 4) is 0 Å². The van der Waals surface area contributed by atoms with E-state index in [1.165, 1.54) is 11.9 Å². The molecule has 3 heterocycles. The first-order valence-corrected chi connectivity index (χ1v) is 8.65. The number of nitrogens with zero attached hydrogens (tertiary/aromatic N) is 4. The van der Waals surface area contributed by atoms with Gasteiger partial charge in [0.2, 0.25) is 0 Å². The largest absolute Gasteiger partial charge is 0.330 e. The summed E-state index contributed by atoms with van der Waals surface area (Å²) in [6.45, 7) is 5.58. The number of thiophene rings is 1. The van der Waals surface area contributed by atoms with Gasteiger partial charge in [0, 0.05) is 70.0 Å². The van der Waals surface area contributed by atoms with Gasteiger partial charge in [-0.05, 0) is 11.4 Å². The normalized spacial score (nSPS) is 16.8. The first-order chi connectivity index (χ1) is 11.0. The first-order valence-electron chi connectivity index (χ1n) is 7.77. The van der Waals surface area contributed by atoms with Crippen LogP contribution in [-0.2, 0) is 27.2 Å². The van der Waals surface area contributed by atoms with Crippen LogP contribution in [0, 0.1) is 0 Å². The van der Waals surface area contributed by atoms with E-state index in [0.29, 0.717) is 6.54 Å². The maximum absolute atomic E-state index is 12.0. The van der Waals surface area contributed by atoms with Gasteiger partial charge in [-0.15, -0.1) is 11.3 Å². The lowest BCUT2D eigenvalue weighted by Gasteiger charge is -2.34. The lowest BCUT2D eigenvalue weighted by molar-refractivity contribution is 0.120. The average molecular weight is 334 g/mol. The monoisotopic (exact) mass is 334 g/mol. The minimum Gasteiger partial charge on any atom is -0.299 e. The molecule has 0 aliphatic carbocycles. The Kier molecular flexibility index (Phi) is 4.79. The van der Waals surface area contributed by atoms with Crippen LogP contribution in [0.3, 0.4) is 0 Å². The zero-order valence-corrected chi connectivity index (χ0v) is 14.4. The van der Waals surface area contributed by atoms with Crippen molar-refractivity contribution < 1.29 is 0 Å². The van der Waals surface area contributed by atoms with Crippen LogP contribution in [-0.4, -0.2) is 45.1 Å². The van der Waals surface area contributed by atoms with Gasteiger partial charge in [-0.1, -0.05) is 6.07 Å². The quantitative estimate of drug-likeness (QED) is 0.815. The molecule has 124 valence electrons. The molecule has 7 heteroatoms. The topological polar surface area (TPSA) is 50.5 Å². The summed E-state index contributed by atoms with van der Waals surface area (Å²) >= 11 is 1.80. The number of rotatable bonds is 4. The molecular formula is C16H22N4O2S. The second-order valence-corrected chi connectivity index (χ2v) is 7.04. The van der Waals surface area contributed by atoms with E-state index >= 15 is 0 Å². The van der Waals surface area contributed by atoms with Crippen LogP contribution in [0.5, 0.6) is 0 Å². The molecule has 2 aromatic rings. The van der Waals surface area contributed by atoms with Crippen LogP contribution in [0.4, 0.5) is 0 Å². The third kappa shape index (κ3) is 3.63. The molecule has 1 aliphatic rings. The molecule has 1 saturated heterocycles. The molecule has 23 heavy (non-hydrogen) atoms. The molecule has 0 unspecified atom stereocenters. The highest BCUT2D eigenvalue weighted by Gasteiger charge is 2.18. The fraction of sp³-hybridized carbons (Fsp3) is 0.500. The Balaban J connectivity index is 1.61. The molecule has 0 saturated carbocycles. The van der Waals surface area contributed by atoms with E-state index in [4.69, 9.17) is 0 Å². The smallest absolute Gasteiger partial charge is 0.299 e. The molecule has 0 amide bonds. The van der Waals surface area contributed by atoms with Crippen LogP contribution < -0.4 is 11.2 Å². The Morgan fingerprint density at radius 1 is 1.00 bits per heavy atom. The lowest BCUT2D eigenvalue weighted by atomic mass is 10.2. The van der Waals surface area contributed by atoms with Gasteiger partial charge in [0.05, 0.1) is 0 Å². The molecule has 1 aliphatic heterocycles. The molecule has 3 rings (SSSR count). The lowest BCUT2D eigenvalue weighted by Crippen LogP contribution is -2.46. The number of piperazine rings is 1. The minimum absolute atomic E-state index is 0.237. The molecule has 0 bridgehead atoms. The van der Waals surface area contributed by atoms with Gasteiger partial charge in [0.25, 0.3) is 5.56 Å². The fourth-order valence-corrected chi connectivity index (χ4v) is 3.63. The SMILES string of the molecule is Cn1c(CN2CCN(Cc3cccs3)CC2)cc(=O)n(C)c1=O. The van der Waals surface area contributed by atoms with Crippen LogP contribution in [0.1, 0.15) is 10.6 Å². The molecular weight excluding hydrogens is 312 g/mol. The summed E-state index contributed by atoms with van der Waals surface area (Å²) in [5, 5.41) is 2.11. The molecule has 0 atom stereocenters. The van der Waals surface area contributed by atoms with Gasteiger partial charge in [-0.3, -0.25) is 23.7 Å². The summed E-state index contributed by atoms with van der Waals surface area (Å²) in [5.74, 6) is 0. The average Bonchev–Trinajstić information content (AvgIpc) is 3.05. The van der Waals surface area contributed by atoms with Gasteiger partial charge in [-0.25, -0.2) is 4.79 Å². The van der Waals surface area contributed by atoms with Crippen molar-refractivity contribution >= 4 is 11.3 Å². The summed E-state index contributed by atoms with van der Waals surface area (Å²) < 4.78 is 2.71. The third-order valence-electron chi connectivity index (χ3n) is 4.44. The van der Waals surface area contributed by atoms with Crippen molar-refractivity contribution in [2.45, 2.75) is 13.1 Å². The van der Waals surface area contributed by atoms with E-state index in [9.17, 15) is 9.59 Å². The zero-order valence-electron chi connectivity index (χ0n) is 13.6. The van der Waals surface area contributed by atoms with E-state index < -0.39 is 0 Å². The number of hydrogen-bond acceptors (Lipinski definition) is 5. The summed E-state index contributed by atoms with van der Waals surface area (Å²) in [4.78, 5) is 29.9. The summed E-state index contributed by atoms with van der Waals surface area (Å²) in [6.07, 6.45) is 0. The van der Waals surface area contributed by atoms with Crippen LogP contribution in [0.2, 0.25) is 0 Å². The predicted molar refractivity (Wildman–Crippen MR) is 91.8 cm³/mol. The standard InChI is InChI=1S/C16H22N4O2S/c1-17-13(10-15(21)18(2)16(17)22)11-19-5-7-20(8-6-19)12-14-4-3-9-23-14/h3-4,9-10H,5-8,11-12H2,1-2H3. The van der Waals surface area contributed by atoms with Gasteiger partial charge in [0.15, 0.2) is 0 Å². The molecule has 0 N–H and O–H groups in total. The second-order valence-electron chi connectivity index (χ2n) is 6.01. The van der Waals surface area contributed by atoms with E-state index in [0.717, 1.165) is 43.0 Å². The second kappa shape index (κ2) is 6.82. The Bertz CT molecular complexity index is 770. The Labute approximate surface area is 139 Å². The highest BCUT2D eigenvalue weighted by Crippen LogP contribution is 2.14. The minimum atomic E-state index is -0.260. The molecule has 0 spiro atoms. The summed E-state index contributed by atoms with van der Waals surface area (Å²) in [6, 6.07) is 5.83. The molecule has 2 aromatic heterocycles. The molecule has 1 fully saturated rings. The van der Waals surface area contributed by atoms with Crippen molar-refractivity contribution in [1.82, 2.24) is 18.9 Å². The van der Waals surface area contributed by atoms with Gasteiger partial charge in [-0.2, -0.15) is 0 Å². The molecule has 6 nitrogen and oxygen atoms in total. The Morgan fingerprint density at radius 3 is 2.26 bits per heavy atom. The first kappa shape index (κ1) is 16.2. The van der Waals surface area contributed by atoms with Crippen molar-refractivity contribution in [2.24, 2.45) is 14.1 Å².